The lowest BCUT2D eigenvalue weighted by Crippen LogP contribution is -2.23. The van der Waals surface area contributed by atoms with Gasteiger partial charge in [0.15, 0.2) is 6.39 Å². The van der Waals surface area contributed by atoms with Crippen LogP contribution in [0.2, 0.25) is 0 Å². The fourth-order valence-corrected chi connectivity index (χ4v) is 1.71. The maximum absolute atomic E-state index is 11.9. The van der Waals surface area contributed by atoms with Crippen molar-refractivity contribution in [1.29, 1.82) is 0 Å². The van der Waals surface area contributed by atoms with Gasteiger partial charge < -0.3 is 20.2 Å². The molecule has 3 N–H and O–H groups in total. The Kier molecular flexibility index (Phi) is 3.70. The van der Waals surface area contributed by atoms with Crippen molar-refractivity contribution in [3.05, 3.63) is 41.6 Å². The van der Waals surface area contributed by atoms with Crippen LogP contribution in [0.3, 0.4) is 0 Å². The topological polar surface area (TPSA) is 90.4 Å². The largest absolute Gasteiger partial charge is 0.496 e. The highest BCUT2D eigenvalue weighted by molar-refractivity contribution is 5.92. The number of aryl methyl sites for hydroxylation is 1. The van der Waals surface area contributed by atoms with Gasteiger partial charge in [-0.25, -0.2) is 4.98 Å². The minimum Gasteiger partial charge on any atom is -0.496 e. The van der Waals surface area contributed by atoms with Crippen LogP contribution in [-0.4, -0.2) is 18.0 Å². The predicted octanol–water partition coefficient (Wildman–Crippen LogP) is 1.50. The zero-order chi connectivity index (χ0) is 13.8. The van der Waals surface area contributed by atoms with E-state index in [1.54, 1.807) is 32.2 Å². The van der Waals surface area contributed by atoms with E-state index in [2.05, 4.69) is 10.3 Å². The molecule has 1 aromatic heterocycles. The van der Waals surface area contributed by atoms with Crippen LogP contribution in [0.15, 0.2) is 29.0 Å². The van der Waals surface area contributed by atoms with E-state index in [1.165, 1.54) is 6.39 Å². The lowest BCUT2D eigenvalue weighted by molar-refractivity contribution is 0.0922. The molecule has 0 saturated carbocycles. The molecule has 0 spiro atoms. The normalized spacial score (nSPS) is 10.2. The van der Waals surface area contributed by atoms with Gasteiger partial charge >= 0.3 is 0 Å². The standard InChI is InChI=1S/C13H15N3O3/c1-8-12(19-7-16-8)13(17)15-6-9-5-10(14)3-4-11(9)18-2/h3-5,7H,6,14H2,1-2H3,(H,15,17). The van der Waals surface area contributed by atoms with Gasteiger partial charge in [-0.1, -0.05) is 0 Å². The Balaban J connectivity index is 2.09. The summed E-state index contributed by atoms with van der Waals surface area (Å²) < 4.78 is 10.2. The fraction of sp³-hybridized carbons (Fsp3) is 0.231. The molecule has 6 heteroatoms. The summed E-state index contributed by atoms with van der Waals surface area (Å²) >= 11 is 0. The molecule has 0 saturated heterocycles. The summed E-state index contributed by atoms with van der Waals surface area (Å²) in [7, 11) is 1.57. The summed E-state index contributed by atoms with van der Waals surface area (Å²) in [5.74, 6) is 0.561. The average molecular weight is 261 g/mol. The average Bonchev–Trinajstić information content (AvgIpc) is 2.82. The van der Waals surface area contributed by atoms with Gasteiger partial charge in [0.1, 0.15) is 5.75 Å². The van der Waals surface area contributed by atoms with Crippen molar-refractivity contribution in [3.8, 4) is 5.75 Å². The molecule has 0 atom stereocenters. The Morgan fingerprint density at radius 1 is 1.53 bits per heavy atom. The van der Waals surface area contributed by atoms with Gasteiger partial charge in [0, 0.05) is 17.8 Å². The van der Waals surface area contributed by atoms with Gasteiger partial charge in [-0.3, -0.25) is 4.79 Å². The third-order valence-corrected chi connectivity index (χ3v) is 2.70. The first-order valence-electron chi connectivity index (χ1n) is 5.72. The van der Waals surface area contributed by atoms with Gasteiger partial charge in [0.05, 0.1) is 12.8 Å². The number of nitrogens with one attached hydrogen (secondary N) is 1. The number of nitrogen functional groups attached to an aromatic ring is 1. The van der Waals surface area contributed by atoms with E-state index in [4.69, 9.17) is 14.9 Å². The van der Waals surface area contributed by atoms with E-state index in [9.17, 15) is 4.79 Å². The zero-order valence-electron chi connectivity index (χ0n) is 10.8. The molecular formula is C13H15N3O3. The number of anilines is 1. The minimum absolute atomic E-state index is 0.211. The molecule has 6 nitrogen and oxygen atoms in total. The first kappa shape index (κ1) is 12.9. The zero-order valence-corrected chi connectivity index (χ0v) is 10.8. The van der Waals surface area contributed by atoms with Gasteiger partial charge in [-0.15, -0.1) is 0 Å². The molecule has 0 unspecified atom stereocenters. The number of benzene rings is 1. The van der Waals surface area contributed by atoms with Gasteiger partial charge in [0.2, 0.25) is 5.76 Å². The highest BCUT2D eigenvalue weighted by Crippen LogP contribution is 2.20. The fourth-order valence-electron chi connectivity index (χ4n) is 1.71. The predicted molar refractivity (Wildman–Crippen MR) is 69.8 cm³/mol. The third-order valence-electron chi connectivity index (χ3n) is 2.70. The molecule has 0 aliphatic rings. The molecule has 100 valence electrons. The lowest BCUT2D eigenvalue weighted by Gasteiger charge is -2.10. The number of ether oxygens (including phenoxy) is 1. The molecule has 0 bridgehead atoms. The molecule has 2 aromatic rings. The SMILES string of the molecule is COc1ccc(N)cc1CNC(=O)c1ocnc1C. The Bertz CT molecular complexity index is 593. The molecule has 1 amide bonds. The molecule has 1 aromatic carbocycles. The summed E-state index contributed by atoms with van der Waals surface area (Å²) in [5.41, 5.74) is 7.67. The van der Waals surface area contributed by atoms with Crippen molar-refractivity contribution < 1.29 is 13.9 Å². The van der Waals surface area contributed by atoms with Crippen LogP contribution in [0.1, 0.15) is 21.8 Å². The number of oxazole rings is 1. The van der Waals surface area contributed by atoms with Crippen molar-refractivity contribution in [2.45, 2.75) is 13.5 Å². The molecule has 2 rings (SSSR count). The van der Waals surface area contributed by atoms with Crippen LogP contribution < -0.4 is 15.8 Å². The number of nitrogens with zero attached hydrogens (tertiary/aromatic N) is 1. The number of carbonyl (C=O) groups is 1. The van der Waals surface area contributed by atoms with Crippen molar-refractivity contribution in [2.24, 2.45) is 0 Å². The molecule has 0 aliphatic heterocycles. The van der Waals surface area contributed by atoms with E-state index in [0.717, 1.165) is 5.56 Å². The first-order chi connectivity index (χ1) is 9.11. The molecule has 0 radical (unpaired) electrons. The van der Waals surface area contributed by atoms with E-state index < -0.39 is 0 Å². The van der Waals surface area contributed by atoms with E-state index in [1.807, 2.05) is 0 Å². The minimum atomic E-state index is -0.320. The second kappa shape index (κ2) is 5.43. The lowest BCUT2D eigenvalue weighted by atomic mass is 10.1. The van der Waals surface area contributed by atoms with Gasteiger partial charge in [-0.2, -0.15) is 0 Å². The van der Waals surface area contributed by atoms with E-state index >= 15 is 0 Å². The van der Waals surface area contributed by atoms with Crippen molar-refractivity contribution in [2.75, 3.05) is 12.8 Å². The van der Waals surface area contributed by atoms with E-state index in [-0.39, 0.29) is 11.7 Å². The van der Waals surface area contributed by atoms with Crippen LogP contribution in [0, 0.1) is 6.92 Å². The first-order valence-corrected chi connectivity index (χ1v) is 5.72. The van der Waals surface area contributed by atoms with Gasteiger partial charge in [-0.05, 0) is 25.1 Å². The monoisotopic (exact) mass is 261 g/mol. The van der Waals surface area contributed by atoms with E-state index in [0.29, 0.717) is 23.7 Å². The second-order valence-corrected chi connectivity index (χ2v) is 4.02. The number of carbonyl (C=O) groups excluding carboxylic acids is 1. The maximum atomic E-state index is 11.9. The second-order valence-electron chi connectivity index (χ2n) is 4.02. The smallest absolute Gasteiger partial charge is 0.289 e. The number of methoxy groups -OCH3 is 1. The molecule has 19 heavy (non-hydrogen) atoms. The molecule has 1 heterocycles. The Labute approximate surface area is 110 Å². The van der Waals surface area contributed by atoms with Crippen molar-refractivity contribution in [3.63, 3.8) is 0 Å². The number of nitrogens with two attached hydrogens (primary N) is 1. The van der Waals surface area contributed by atoms with Crippen LogP contribution in [-0.2, 0) is 6.54 Å². The summed E-state index contributed by atoms with van der Waals surface area (Å²) in [6.45, 7) is 2.01. The Morgan fingerprint density at radius 2 is 2.32 bits per heavy atom. The summed E-state index contributed by atoms with van der Waals surface area (Å²) in [6, 6.07) is 5.26. The van der Waals surface area contributed by atoms with Crippen LogP contribution in [0.5, 0.6) is 5.75 Å². The highest BCUT2D eigenvalue weighted by Gasteiger charge is 2.14. The van der Waals surface area contributed by atoms with Crippen molar-refractivity contribution >= 4 is 11.6 Å². The van der Waals surface area contributed by atoms with Crippen LogP contribution in [0.25, 0.3) is 0 Å². The van der Waals surface area contributed by atoms with Crippen LogP contribution in [0.4, 0.5) is 5.69 Å². The number of hydrogen-bond acceptors (Lipinski definition) is 5. The number of hydrogen-bond donors (Lipinski definition) is 2. The molecule has 0 aliphatic carbocycles. The third kappa shape index (κ3) is 2.85. The van der Waals surface area contributed by atoms with Crippen LogP contribution >= 0.6 is 0 Å². The van der Waals surface area contributed by atoms with Gasteiger partial charge in [0.25, 0.3) is 5.91 Å². The number of amides is 1. The Morgan fingerprint density at radius 3 is 2.95 bits per heavy atom. The molecular weight excluding hydrogens is 246 g/mol. The summed E-state index contributed by atoms with van der Waals surface area (Å²) in [6.07, 6.45) is 1.24. The molecule has 0 fully saturated rings. The number of aromatic nitrogens is 1. The summed E-state index contributed by atoms with van der Waals surface area (Å²) in [4.78, 5) is 15.7. The number of rotatable bonds is 4. The Hall–Kier alpha value is -2.50. The maximum Gasteiger partial charge on any atom is 0.289 e. The quantitative estimate of drug-likeness (QED) is 0.814. The summed E-state index contributed by atoms with van der Waals surface area (Å²) in [5, 5.41) is 2.74. The van der Waals surface area contributed by atoms with Crippen molar-refractivity contribution in [1.82, 2.24) is 10.3 Å². The highest BCUT2D eigenvalue weighted by atomic mass is 16.5.